The number of hydrogen-bond acceptors (Lipinski definition) is 5. The van der Waals surface area contributed by atoms with E-state index < -0.39 is 17.1 Å². The number of hydrogen-bond donors (Lipinski definition) is 2. The third kappa shape index (κ3) is 2.02. The minimum absolute atomic E-state index is 0.0123. The van der Waals surface area contributed by atoms with Gasteiger partial charge in [-0.1, -0.05) is 0 Å². The molecule has 1 aliphatic carbocycles. The zero-order chi connectivity index (χ0) is 15.4. The summed E-state index contributed by atoms with van der Waals surface area (Å²) in [6, 6.07) is 1.19. The highest BCUT2D eigenvalue weighted by molar-refractivity contribution is 5.76. The lowest BCUT2D eigenvalue weighted by Gasteiger charge is -2.18. The number of nitrogens with two attached hydrogens (primary N) is 1. The van der Waals surface area contributed by atoms with Crippen LogP contribution in [0.25, 0.3) is 11.0 Å². The molecule has 22 heavy (non-hydrogen) atoms. The average Bonchev–Trinajstić information content (AvgIpc) is 3.20. The van der Waals surface area contributed by atoms with Gasteiger partial charge in [-0.25, -0.2) is 14.2 Å². The Hall–Kier alpha value is -2.22. The summed E-state index contributed by atoms with van der Waals surface area (Å²) < 4.78 is 15.8. The molecule has 4 rings (SSSR count). The smallest absolute Gasteiger partial charge is 0.330 e. The van der Waals surface area contributed by atoms with Gasteiger partial charge in [-0.15, -0.1) is 0 Å². The van der Waals surface area contributed by atoms with Gasteiger partial charge in [0.1, 0.15) is 0 Å². The Morgan fingerprint density at radius 1 is 1.32 bits per heavy atom. The van der Waals surface area contributed by atoms with Crippen LogP contribution in [0.5, 0.6) is 0 Å². The van der Waals surface area contributed by atoms with Crippen molar-refractivity contribution < 1.29 is 4.39 Å². The van der Waals surface area contributed by atoms with Crippen molar-refractivity contribution in [3.8, 4) is 0 Å². The first-order valence-electron chi connectivity index (χ1n) is 7.40. The zero-order valence-electron chi connectivity index (χ0n) is 11.9. The average molecular weight is 305 g/mol. The van der Waals surface area contributed by atoms with Crippen LogP contribution in [0.4, 0.5) is 10.2 Å². The number of halogens is 1. The second-order valence-electron chi connectivity index (χ2n) is 6.02. The van der Waals surface area contributed by atoms with Crippen LogP contribution in [-0.2, 0) is 0 Å². The molecule has 0 bridgehead atoms. The Morgan fingerprint density at radius 3 is 2.73 bits per heavy atom. The lowest BCUT2D eigenvalue weighted by Crippen LogP contribution is -2.32. The lowest BCUT2D eigenvalue weighted by molar-refractivity contribution is 0.614. The van der Waals surface area contributed by atoms with E-state index in [9.17, 15) is 14.0 Å². The van der Waals surface area contributed by atoms with E-state index in [0.29, 0.717) is 13.1 Å². The molecule has 2 aromatic heterocycles. The van der Waals surface area contributed by atoms with Crippen LogP contribution in [0.1, 0.15) is 25.3 Å². The van der Waals surface area contributed by atoms with Crippen molar-refractivity contribution in [1.82, 2.24) is 14.5 Å². The van der Waals surface area contributed by atoms with Crippen LogP contribution < -0.4 is 21.9 Å². The van der Waals surface area contributed by atoms with Crippen LogP contribution in [-0.4, -0.2) is 33.7 Å². The number of nitrogens with zero attached hydrogens (tertiary/aromatic N) is 3. The largest absolute Gasteiger partial charge is 0.353 e. The van der Waals surface area contributed by atoms with Gasteiger partial charge in [0, 0.05) is 25.2 Å². The number of aromatic nitrogens is 3. The second-order valence-corrected chi connectivity index (χ2v) is 6.02. The SMILES string of the molecule is N[C@@H]1CCN(c2nc3c(cc2F)c(=O)[nH]c(=O)n3C2CC2)C1. The molecule has 7 nitrogen and oxygen atoms in total. The molecule has 0 spiro atoms. The standard InChI is InChI=1S/C14H16FN5O2/c15-10-5-9-11(17-12(10)19-4-3-7(16)6-19)20(8-1-2-8)14(22)18-13(9)21/h5,7-8H,1-4,6,16H2,(H,18,21,22)/t7-/m1/s1. The van der Waals surface area contributed by atoms with Crippen molar-refractivity contribution in [2.45, 2.75) is 31.3 Å². The van der Waals surface area contributed by atoms with Crippen molar-refractivity contribution in [2.24, 2.45) is 5.73 Å². The Labute approximate surface area is 124 Å². The van der Waals surface area contributed by atoms with Gasteiger partial charge in [0.05, 0.1) is 5.39 Å². The third-order valence-corrected chi connectivity index (χ3v) is 4.29. The van der Waals surface area contributed by atoms with Crippen molar-refractivity contribution in [3.63, 3.8) is 0 Å². The normalized spacial score (nSPS) is 21.7. The van der Waals surface area contributed by atoms with E-state index >= 15 is 0 Å². The first-order valence-corrected chi connectivity index (χ1v) is 7.40. The molecule has 0 radical (unpaired) electrons. The molecule has 2 aliphatic rings. The van der Waals surface area contributed by atoms with Crippen LogP contribution >= 0.6 is 0 Å². The maximum Gasteiger partial charge on any atom is 0.330 e. The maximum absolute atomic E-state index is 14.3. The fourth-order valence-electron chi connectivity index (χ4n) is 3.01. The molecule has 3 N–H and O–H groups in total. The number of H-pyrrole nitrogens is 1. The van der Waals surface area contributed by atoms with Crippen molar-refractivity contribution >= 4 is 16.9 Å². The molecule has 8 heteroatoms. The van der Waals surface area contributed by atoms with E-state index in [1.54, 1.807) is 4.90 Å². The Bertz CT molecular complexity index is 870. The molecule has 2 fully saturated rings. The summed E-state index contributed by atoms with van der Waals surface area (Å²) in [6.07, 6.45) is 2.50. The van der Waals surface area contributed by atoms with Crippen molar-refractivity contribution in [3.05, 3.63) is 32.7 Å². The Morgan fingerprint density at radius 2 is 2.09 bits per heavy atom. The maximum atomic E-state index is 14.3. The van der Waals surface area contributed by atoms with E-state index in [0.717, 1.165) is 19.3 Å². The summed E-state index contributed by atoms with van der Waals surface area (Å²) in [7, 11) is 0. The summed E-state index contributed by atoms with van der Waals surface area (Å²) in [4.78, 5) is 32.3. The molecular formula is C14H16FN5O2. The molecule has 1 aliphatic heterocycles. The van der Waals surface area contributed by atoms with Crippen LogP contribution in [0.2, 0.25) is 0 Å². The number of nitrogens with one attached hydrogen (secondary N) is 1. The molecule has 0 unspecified atom stereocenters. The fourth-order valence-corrected chi connectivity index (χ4v) is 3.01. The monoisotopic (exact) mass is 305 g/mol. The van der Waals surface area contributed by atoms with Gasteiger partial charge < -0.3 is 10.6 Å². The number of pyridine rings is 1. The van der Waals surface area contributed by atoms with Gasteiger partial charge >= 0.3 is 5.69 Å². The minimum atomic E-state index is -0.604. The molecule has 116 valence electrons. The van der Waals surface area contributed by atoms with Gasteiger partial charge in [0.2, 0.25) is 0 Å². The summed E-state index contributed by atoms with van der Waals surface area (Å²) in [5, 5.41) is 0.108. The summed E-state index contributed by atoms with van der Waals surface area (Å²) in [5.41, 5.74) is 5.03. The number of aromatic amines is 1. The van der Waals surface area contributed by atoms with Crippen LogP contribution in [0.15, 0.2) is 15.7 Å². The fraction of sp³-hybridized carbons (Fsp3) is 0.500. The van der Waals surface area contributed by atoms with E-state index in [2.05, 4.69) is 9.97 Å². The molecule has 1 saturated carbocycles. The van der Waals surface area contributed by atoms with Gasteiger partial charge in [-0.05, 0) is 25.3 Å². The minimum Gasteiger partial charge on any atom is -0.353 e. The molecule has 0 aromatic carbocycles. The van der Waals surface area contributed by atoms with Crippen molar-refractivity contribution in [2.75, 3.05) is 18.0 Å². The van der Waals surface area contributed by atoms with Gasteiger partial charge in [-0.3, -0.25) is 14.3 Å². The Kier molecular flexibility index (Phi) is 2.83. The first-order chi connectivity index (χ1) is 10.5. The van der Waals surface area contributed by atoms with Crippen LogP contribution in [0.3, 0.4) is 0 Å². The van der Waals surface area contributed by atoms with E-state index in [4.69, 9.17) is 5.73 Å². The summed E-state index contributed by atoms with van der Waals surface area (Å²) >= 11 is 0. The van der Waals surface area contributed by atoms with Gasteiger partial charge in [-0.2, -0.15) is 0 Å². The second kappa shape index (κ2) is 4.64. The van der Waals surface area contributed by atoms with Gasteiger partial charge in [0.25, 0.3) is 5.56 Å². The summed E-state index contributed by atoms with van der Waals surface area (Å²) in [6.45, 7) is 1.14. The quantitative estimate of drug-likeness (QED) is 0.820. The highest BCUT2D eigenvalue weighted by Crippen LogP contribution is 2.35. The predicted molar refractivity (Wildman–Crippen MR) is 79.7 cm³/mol. The van der Waals surface area contributed by atoms with Crippen LogP contribution in [0, 0.1) is 5.82 Å². The molecule has 0 amide bonds. The predicted octanol–water partition coefficient (Wildman–Crippen LogP) is 0.0962. The number of rotatable bonds is 2. The number of anilines is 1. The van der Waals surface area contributed by atoms with E-state index in [1.807, 2.05) is 0 Å². The molecule has 1 saturated heterocycles. The Balaban J connectivity index is 1.96. The zero-order valence-corrected chi connectivity index (χ0v) is 11.9. The topological polar surface area (TPSA) is 97.0 Å². The molecule has 2 aromatic rings. The van der Waals surface area contributed by atoms with Gasteiger partial charge in [0.15, 0.2) is 17.3 Å². The first kappa shape index (κ1) is 13.4. The number of fused-ring (bicyclic) bond motifs is 1. The summed E-state index contributed by atoms with van der Waals surface area (Å²) in [5.74, 6) is -0.395. The third-order valence-electron chi connectivity index (χ3n) is 4.29. The van der Waals surface area contributed by atoms with Crippen molar-refractivity contribution in [1.29, 1.82) is 0 Å². The lowest BCUT2D eigenvalue weighted by atomic mass is 10.3. The highest BCUT2D eigenvalue weighted by atomic mass is 19.1. The molecule has 3 heterocycles. The highest BCUT2D eigenvalue weighted by Gasteiger charge is 2.29. The molecular weight excluding hydrogens is 289 g/mol. The molecule has 1 atom stereocenters. The van der Waals surface area contributed by atoms with E-state index in [1.165, 1.54) is 10.6 Å². The van der Waals surface area contributed by atoms with E-state index in [-0.39, 0.29) is 28.9 Å².